The molecule has 0 fully saturated rings. The largest absolute Gasteiger partial charge is 0.460 e. The predicted octanol–water partition coefficient (Wildman–Crippen LogP) is 6.90. The van der Waals surface area contributed by atoms with Crippen LogP contribution >= 0.6 is 0 Å². The van der Waals surface area contributed by atoms with E-state index < -0.39 is 74.5 Å². The number of rotatable bonds is 12. The van der Waals surface area contributed by atoms with Gasteiger partial charge in [0.2, 0.25) is 0 Å². The summed E-state index contributed by atoms with van der Waals surface area (Å²) in [6.45, 7) is 1.68. The maximum atomic E-state index is 14.2. The fourth-order valence-electron chi connectivity index (χ4n) is 2.98. The molecule has 37 heavy (non-hydrogen) atoms. The minimum Gasteiger partial charge on any atom is -0.293 e. The van der Waals surface area contributed by atoms with Gasteiger partial charge in [-0.25, -0.2) is 0 Å². The minimum absolute atomic E-state index is 0.0704. The molecule has 0 heterocycles. The molecular formula is C19H17F13O4S. The molecule has 0 aliphatic rings. The van der Waals surface area contributed by atoms with Crippen molar-refractivity contribution in [3.63, 3.8) is 0 Å². The second-order valence-corrected chi connectivity index (χ2v) is 9.41. The lowest BCUT2D eigenvalue weighted by Crippen LogP contribution is -2.69. The Kier molecular flexibility index (Phi) is 9.09. The topological polar surface area (TPSA) is 71.4 Å². The number of Topliss-reactive ketones (excluding diaryl/α,β-unsaturated/α-hetero) is 1. The molecule has 0 spiro atoms. The van der Waals surface area contributed by atoms with Gasteiger partial charge in [-0.2, -0.15) is 65.5 Å². The molecule has 1 rings (SSSR count). The van der Waals surface area contributed by atoms with Gasteiger partial charge in [0.15, 0.2) is 5.78 Å². The van der Waals surface area contributed by atoms with Gasteiger partial charge in [-0.05, 0) is 6.42 Å². The van der Waals surface area contributed by atoms with E-state index in [1.165, 1.54) is 0 Å². The number of carbonyl (C=O) groups is 1. The van der Waals surface area contributed by atoms with Gasteiger partial charge in [-0.1, -0.05) is 50.5 Å². The first-order chi connectivity index (χ1) is 16.3. The molecule has 0 aromatic heterocycles. The molecule has 1 aromatic rings. The van der Waals surface area contributed by atoms with Crippen molar-refractivity contribution in [3.8, 4) is 0 Å². The lowest BCUT2D eigenvalue weighted by Gasteiger charge is -2.39. The quantitative estimate of drug-likeness (QED) is 0.125. The SMILES string of the molecule is CCCCCC(C(=O)c1ccc(C(F)(F)C(F)(F)C(F)(F)C(F)(F)C(F)(F)C(F)(F)F)cc1)S(=O)(=O)O. The molecule has 1 aromatic carbocycles. The first kappa shape index (κ1) is 32.9. The van der Waals surface area contributed by atoms with E-state index in [2.05, 4.69) is 0 Å². The molecule has 0 saturated carbocycles. The van der Waals surface area contributed by atoms with Crippen LogP contribution in [0.1, 0.15) is 48.5 Å². The maximum Gasteiger partial charge on any atom is 0.460 e. The Bertz CT molecular complexity index is 1060. The summed E-state index contributed by atoms with van der Waals surface area (Å²) in [4.78, 5) is 12.4. The standard InChI is InChI=1S/C19H17F13O4S/c1-2-3-4-5-12(37(34,35)36)13(33)10-6-8-11(9-7-10)14(20,21)15(22,23)16(24,25)17(26,27)18(28,29)19(30,31)32/h6-9,12H,2-5H2,1H3,(H,34,35,36). The number of alkyl halides is 13. The highest BCUT2D eigenvalue weighted by atomic mass is 32.2. The van der Waals surface area contributed by atoms with Crippen molar-refractivity contribution in [1.82, 2.24) is 0 Å². The average Bonchev–Trinajstić information content (AvgIpc) is 2.74. The molecule has 4 nitrogen and oxygen atoms in total. The number of halogens is 13. The highest BCUT2D eigenvalue weighted by Crippen LogP contribution is 2.62. The summed E-state index contributed by atoms with van der Waals surface area (Å²) in [5.74, 6) is -39.4. The van der Waals surface area contributed by atoms with E-state index in [9.17, 15) is 74.8 Å². The van der Waals surface area contributed by atoms with Crippen molar-refractivity contribution in [2.75, 3.05) is 0 Å². The average molecular weight is 588 g/mol. The van der Waals surface area contributed by atoms with Gasteiger partial charge >= 0.3 is 35.8 Å². The molecule has 0 saturated heterocycles. The number of unbranched alkanes of at least 4 members (excludes halogenated alkanes) is 2. The van der Waals surface area contributed by atoms with Crippen LogP contribution in [0, 0.1) is 0 Å². The fourth-order valence-corrected chi connectivity index (χ4v) is 3.85. The Morgan fingerprint density at radius 3 is 1.57 bits per heavy atom. The van der Waals surface area contributed by atoms with Crippen molar-refractivity contribution in [1.29, 1.82) is 0 Å². The smallest absolute Gasteiger partial charge is 0.293 e. The molecule has 214 valence electrons. The summed E-state index contributed by atoms with van der Waals surface area (Å²) >= 11 is 0. The van der Waals surface area contributed by atoms with Crippen LogP contribution in [0.3, 0.4) is 0 Å². The monoisotopic (exact) mass is 588 g/mol. The van der Waals surface area contributed by atoms with Crippen LogP contribution in [0.4, 0.5) is 57.1 Å². The van der Waals surface area contributed by atoms with Crippen LogP contribution < -0.4 is 0 Å². The van der Waals surface area contributed by atoms with Gasteiger partial charge in [0.05, 0.1) is 0 Å². The van der Waals surface area contributed by atoms with Gasteiger partial charge < -0.3 is 0 Å². The first-order valence-corrected chi connectivity index (χ1v) is 11.4. The third kappa shape index (κ3) is 5.68. The zero-order chi connectivity index (χ0) is 29.5. The second kappa shape index (κ2) is 10.2. The van der Waals surface area contributed by atoms with Crippen molar-refractivity contribution in [3.05, 3.63) is 35.4 Å². The minimum atomic E-state index is -8.05. The van der Waals surface area contributed by atoms with Gasteiger partial charge in [0, 0.05) is 11.1 Å². The molecule has 1 unspecified atom stereocenters. The zero-order valence-corrected chi connectivity index (χ0v) is 19.0. The number of ketones is 1. The zero-order valence-electron chi connectivity index (χ0n) is 18.2. The molecule has 0 aliphatic carbocycles. The van der Waals surface area contributed by atoms with Crippen LogP contribution in [0.25, 0.3) is 0 Å². The summed E-state index contributed by atoms with van der Waals surface area (Å²) in [6, 6.07) is -0.213. The van der Waals surface area contributed by atoms with Crippen LogP contribution in [0.5, 0.6) is 0 Å². The summed E-state index contributed by atoms with van der Waals surface area (Å²) in [5, 5.41) is -2.15. The summed E-state index contributed by atoms with van der Waals surface area (Å²) in [6.07, 6.45) is -7.03. The third-order valence-corrected chi connectivity index (χ3v) is 6.36. The Morgan fingerprint density at radius 2 is 1.19 bits per heavy atom. The van der Waals surface area contributed by atoms with Crippen LogP contribution in [0.15, 0.2) is 24.3 Å². The lowest BCUT2D eigenvalue weighted by molar-refractivity contribution is -0.441. The van der Waals surface area contributed by atoms with Crippen molar-refractivity contribution in [2.24, 2.45) is 0 Å². The molecular weight excluding hydrogens is 571 g/mol. The number of hydrogen-bond donors (Lipinski definition) is 1. The van der Waals surface area contributed by atoms with E-state index in [0.717, 1.165) is 0 Å². The lowest BCUT2D eigenvalue weighted by atomic mass is 9.90. The Balaban J connectivity index is 3.46. The maximum absolute atomic E-state index is 14.2. The van der Waals surface area contributed by atoms with Gasteiger partial charge in [0.25, 0.3) is 10.1 Å². The normalized spacial score (nSPS) is 15.5. The highest BCUT2D eigenvalue weighted by Gasteiger charge is 2.90. The molecule has 18 heteroatoms. The molecule has 0 aliphatic heterocycles. The molecule has 1 N–H and O–H groups in total. The highest BCUT2D eigenvalue weighted by molar-refractivity contribution is 7.87. The van der Waals surface area contributed by atoms with Gasteiger partial charge in [0.1, 0.15) is 5.25 Å². The molecule has 0 bridgehead atoms. The van der Waals surface area contributed by atoms with Crippen molar-refractivity contribution >= 4 is 15.9 Å². The number of hydrogen-bond acceptors (Lipinski definition) is 3. The number of carbonyl (C=O) groups excluding carboxylic acids is 1. The van der Waals surface area contributed by atoms with Gasteiger partial charge in [-0.15, -0.1) is 0 Å². The summed E-state index contributed by atoms with van der Waals surface area (Å²) < 4.78 is 205. The van der Waals surface area contributed by atoms with E-state index >= 15 is 0 Å². The van der Waals surface area contributed by atoms with E-state index in [1.54, 1.807) is 6.92 Å². The first-order valence-electron chi connectivity index (χ1n) is 9.89. The van der Waals surface area contributed by atoms with E-state index in [0.29, 0.717) is 12.8 Å². The van der Waals surface area contributed by atoms with Crippen molar-refractivity contribution in [2.45, 2.75) is 73.6 Å². The van der Waals surface area contributed by atoms with E-state index in [-0.39, 0.29) is 30.7 Å². The third-order valence-electron chi connectivity index (χ3n) is 5.19. The number of benzene rings is 1. The Hall–Kier alpha value is -2.11. The van der Waals surface area contributed by atoms with E-state index in [4.69, 9.17) is 0 Å². The molecule has 1 atom stereocenters. The van der Waals surface area contributed by atoms with Crippen LogP contribution in [-0.4, -0.2) is 53.9 Å². The molecule has 0 amide bonds. The molecule has 0 radical (unpaired) electrons. The van der Waals surface area contributed by atoms with E-state index in [1.807, 2.05) is 0 Å². The second-order valence-electron chi connectivity index (χ2n) is 7.81. The Morgan fingerprint density at radius 1 is 0.757 bits per heavy atom. The van der Waals surface area contributed by atoms with Gasteiger partial charge in [-0.3, -0.25) is 9.35 Å². The Labute approximate surface area is 200 Å². The predicted molar refractivity (Wildman–Crippen MR) is 100.0 cm³/mol. The van der Waals surface area contributed by atoms with Crippen LogP contribution in [-0.2, 0) is 16.0 Å². The summed E-state index contributed by atoms with van der Waals surface area (Å²) in [5.41, 5.74) is -3.18. The van der Waals surface area contributed by atoms with Crippen LogP contribution in [0.2, 0.25) is 0 Å². The fraction of sp³-hybridized carbons (Fsp3) is 0.632. The summed E-state index contributed by atoms with van der Waals surface area (Å²) in [7, 11) is -5.08. The van der Waals surface area contributed by atoms with Crippen molar-refractivity contribution < 1.29 is 74.8 Å².